The Kier molecular flexibility index (Phi) is 5.04. The zero-order valence-corrected chi connectivity index (χ0v) is 12.9. The molecule has 2 rings (SSSR count). The van der Waals surface area contributed by atoms with Gasteiger partial charge in [-0.2, -0.15) is 5.10 Å². The Morgan fingerprint density at radius 2 is 2.00 bits per heavy atom. The molecule has 0 spiro atoms. The van der Waals surface area contributed by atoms with Gasteiger partial charge in [-0.1, -0.05) is 12.8 Å². The molecule has 21 heavy (non-hydrogen) atoms. The summed E-state index contributed by atoms with van der Waals surface area (Å²) in [5, 5.41) is 23.5. The van der Waals surface area contributed by atoms with E-state index in [4.69, 9.17) is 0 Å². The predicted molar refractivity (Wildman–Crippen MR) is 79.9 cm³/mol. The summed E-state index contributed by atoms with van der Waals surface area (Å²) >= 11 is 0. The van der Waals surface area contributed by atoms with E-state index < -0.39 is 12.2 Å². The normalized spacial score (nSPS) is 26.0. The molecule has 118 valence electrons. The van der Waals surface area contributed by atoms with E-state index in [9.17, 15) is 15.0 Å². The van der Waals surface area contributed by atoms with Crippen LogP contribution in [0.1, 0.15) is 46.5 Å². The third kappa shape index (κ3) is 3.12. The van der Waals surface area contributed by atoms with Gasteiger partial charge in [0.25, 0.3) is 0 Å². The standard InChI is InChI=1S/C15H25N3O3/c1-9(2)18(12(8-19)11-6-4-5-7-11)14-13(15(20)21)10(3)16-17-14/h9-11,13,15-16,20-21H,4-7H2,1-3H3/t10-,13+/m0/s1. The maximum atomic E-state index is 11.5. The molecule has 0 aromatic carbocycles. The molecule has 0 aromatic rings. The number of hydrogen-bond acceptors (Lipinski definition) is 6. The van der Waals surface area contributed by atoms with Crippen LogP contribution < -0.4 is 5.43 Å². The van der Waals surface area contributed by atoms with Crippen molar-refractivity contribution in [3.05, 3.63) is 5.70 Å². The summed E-state index contributed by atoms with van der Waals surface area (Å²) in [6.07, 6.45) is 2.70. The first-order chi connectivity index (χ1) is 9.97. The molecule has 2 atom stereocenters. The maximum Gasteiger partial charge on any atom is 0.163 e. The molecule has 1 saturated carbocycles. The number of allylic oxidation sites excluding steroid dienone is 1. The van der Waals surface area contributed by atoms with Gasteiger partial charge in [0.15, 0.2) is 6.29 Å². The van der Waals surface area contributed by atoms with Gasteiger partial charge in [0, 0.05) is 12.0 Å². The van der Waals surface area contributed by atoms with Gasteiger partial charge in [-0.05, 0) is 33.6 Å². The lowest BCUT2D eigenvalue weighted by atomic mass is 9.96. The first-order valence-electron chi connectivity index (χ1n) is 7.70. The third-order valence-electron chi connectivity index (χ3n) is 4.41. The van der Waals surface area contributed by atoms with Gasteiger partial charge in [0.05, 0.1) is 12.0 Å². The summed E-state index contributed by atoms with van der Waals surface area (Å²) in [7, 11) is 0. The average Bonchev–Trinajstić information content (AvgIpc) is 3.04. The van der Waals surface area contributed by atoms with Crippen molar-refractivity contribution < 1.29 is 15.0 Å². The quantitative estimate of drug-likeness (QED) is 0.528. The second kappa shape index (κ2) is 6.60. The zero-order chi connectivity index (χ0) is 15.6. The second-order valence-electron chi connectivity index (χ2n) is 6.26. The summed E-state index contributed by atoms with van der Waals surface area (Å²) in [6.45, 7) is 5.79. The SMILES string of the molecule is CC(C)N(C(=C=O)C1CCCC1)C1=NN[C@@H](C)[C@H]1C(O)O. The fourth-order valence-electron chi connectivity index (χ4n) is 3.35. The van der Waals surface area contributed by atoms with Gasteiger partial charge < -0.3 is 20.5 Å². The van der Waals surface area contributed by atoms with Crippen LogP contribution in [0, 0.1) is 11.8 Å². The Bertz CT molecular complexity index is 449. The molecule has 0 unspecified atom stereocenters. The Balaban J connectivity index is 2.32. The molecule has 0 amide bonds. The van der Waals surface area contributed by atoms with Gasteiger partial charge in [0.1, 0.15) is 17.5 Å². The highest BCUT2D eigenvalue weighted by Gasteiger charge is 2.40. The second-order valence-corrected chi connectivity index (χ2v) is 6.26. The Morgan fingerprint density at radius 3 is 2.48 bits per heavy atom. The minimum atomic E-state index is -1.51. The number of rotatable bonds is 4. The topological polar surface area (TPSA) is 85.2 Å². The number of nitrogens with one attached hydrogen (secondary N) is 1. The highest BCUT2D eigenvalue weighted by atomic mass is 16.5. The van der Waals surface area contributed by atoms with Gasteiger partial charge in [-0.25, -0.2) is 4.79 Å². The molecule has 1 aliphatic carbocycles. The number of hydrazone groups is 1. The van der Waals surface area contributed by atoms with Crippen LogP contribution in [0.2, 0.25) is 0 Å². The molecule has 6 heteroatoms. The summed E-state index contributed by atoms with van der Waals surface area (Å²) in [6, 6.07) is -0.174. The Morgan fingerprint density at radius 1 is 1.38 bits per heavy atom. The molecular formula is C15H25N3O3. The molecular weight excluding hydrogens is 270 g/mol. The molecule has 2 aliphatic rings. The van der Waals surface area contributed by atoms with E-state index in [1.165, 1.54) is 0 Å². The van der Waals surface area contributed by atoms with Gasteiger partial charge in [0.2, 0.25) is 0 Å². The highest BCUT2D eigenvalue weighted by Crippen LogP contribution is 2.34. The van der Waals surface area contributed by atoms with Crippen molar-refractivity contribution >= 4 is 11.8 Å². The molecule has 3 N–H and O–H groups in total. The van der Waals surface area contributed by atoms with Crippen LogP contribution in [0.3, 0.4) is 0 Å². The largest absolute Gasteiger partial charge is 0.367 e. The number of hydrogen-bond donors (Lipinski definition) is 3. The van der Waals surface area contributed by atoms with Crippen LogP contribution in [0.4, 0.5) is 0 Å². The van der Waals surface area contributed by atoms with E-state index in [1.54, 1.807) is 0 Å². The van der Waals surface area contributed by atoms with Crippen molar-refractivity contribution in [1.82, 2.24) is 10.3 Å². The van der Waals surface area contributed by atoms with Crippen molar-refractivity contribution in [1.29, 1.82) is 0 Å². The summed E-state index contributed by atoms with van der Waals surface area (Å²) in [5.74, 6) is 2.27. The van der Waals surface area contributed by atoms with Crippen LogP contribution in [-0.4, -0.2) is 45.3 Å². The van der Waals surface area contributed by atoms with Crippen LogP contribution in [0.5, 0.6) is 0 Å². The molecule has 0 radical (unpaired) electrons. The number of carbonyl (C=O) groups excluding carboxylic acids is 1. The lowest BCUT2D eigenvalue weighted by molar-refractivity contribution is -0.0706. The predicted octanol–water partition coefficient (Wildman–Crippen LogP) is 0.835. The van der Waals surface area contributed by atoms with Gasteiger partial charge >= 0.3 is 0 Å². The zero-order valence-electron chi connectivity index (χ0n) is 12.9. The summed E-state index contributed by atoms with van der Waals surface area (Å²) in [5.41, 5.74) is 3.49. The van der Waals surface area contributed by atoms with E-state index in [2.05, 4.69) is 16.5 Å². The monoisotopic (exact) mass is 295 g/mol. The van der Waals surface area contributed by atoms with Crippen molar-refractivity contribution in [2.45, 2.75) is 64.8 Å². The highest BCUT2D eigenvalue weighted by molar-refractivity contribution is 5.90. The first kappa shape index (κ1) is 16.0. The lowest BCUT2D eigenvalue weighted by Gasteiger charge is -2.34. The third-order valence-corrected chi connectivity index (χ3v) is 4.41. The summed E-state index contributed by atoms with van der Waals surface area (Å²) < 4.78 is 0. The molecule has 6 nitrogen and oxygen atoms in total. The minimum absolute atomic E-state index is 0.00847. The van der Waals surface area contributed by atoms with Crippen LogP contribution >= 0.6 is 0 Å². The number of aliphatic hydroxyl groups excluding tert-OH is 1. The van der Waals surface area contributed by atoms with Gasteiger partial charge in [-0.15, -0.1) is 0 Å². The van der Waals surface area contributed by atoms with Crippen molar-refractivity contribution in [2.75, 3.05) is 0 Å². The molecule has 1 fully saturated rings. The van der Waals surface area contributed by atoms with E-state index in [1.807, 2.05) is 25.7 Å². The van der Waals surface area contributed by atoms with Crippen molar-refractivity contribution in [3.8, 4) is 0 Å². The average molecular weight is 295 g/mol. The lowest BCUT2D eigenvalue weighted by Crippen LogP contribution is -2.46. The van der Waals surface area contributed by atoms with Crippen LogP contribution in [0.15, 0.2) is 10.8 Å². The number of nitrogens with zero attached hydrogens (tertiary/aromatic N) is 2. The maximum absolute atomic E-state index is 11.5. The molecule has 0 saturated heterocycles. The minimum Gasteiger partial charge on any atom is -0.367 e. The first-order valence-corrected chi connectivity index (χ1v) is 7.70. The van der Waals surface area contributed by atoms with Crippen molar-refractivity contribution in [2.24, 2.45) is 16.9 Å². The molecule has 1 aliphatic heterocycles. The van der Waals surface area contributed by atoms with Crippen LogP contribution in [-0.2, 0) is 4.79 Å². The van der Waals surface area contributed by atoms with Gasteiger partial charge in [-0.3, -0.25) is 0 Å². The molecule has 0 aromatic heterocycles. The number of amidine groups is 1. The molecule has 1 heterocycles. The van der Waals surface area contributed by atoms with Crippen molar-refractivity contribution in [3.63, 3.8) is 0 Å². The van der Waals surface area contributed by atoms with E-state index in [0.29, 0.717) is 11.5 Å². The summed E-state index contributed by atoms with van der Waals surface area (Å²) in [4.78, 5) is 13.4. The smallest absolute Gasteiger partial charge is 0.163 e. The van der Waals surface area contributed by atoms with Crippen LogP contribution in [0.25, 0.3) is 0 Å². The Labute approximate surface area is 125 Å². The number of aliphatic hydroxyl groups is 2. The van der Waals surface area contributed by atoms with E-state index in [0.717, 1.165) is 25.7 Å². The fourth-order valence-corrected chi connectivity index (χ4v) is 3.35. The van der Waals surface area contributed by atoms with E-state index in [-0.39, 0.29) is 18.0 Å². The van der Waals surface area contributed by atoms with E-state index >= 15 is 0 Å². The Hall–Kier alpha value is -1.36. The fraction of sp³-hybridized carbons (Fsp3) is 0.800. The molecule has 0 bridgehead atoms.